The van der Waals surface area contributed by atoms with Gasteiger partial charge in [0.05, 0.1) is 11.6 Å². The lowest BCUT2D eigenvalue weighted by atomic mass is 9.78. The van der Waals surface area contributed by atoms with Crippen molar-refractivity contribution >= 4 is 6.41 Å². The molecule has 0 radical (unpaired) electrons. The first-order chi connectivity index (χ1) is 9.97. The third-order valence-corrected chi connectivity index (χ3v) is 4.23. The van der Waals surface area contributed by atoms with Crippen LogP contribution in [-0.2, 0) is 11.0 Å². The number of alkyl halides is 3. The first-order valence-electron chi connectivity index (χ1n) is 6.88. The number of pyridine rings is 1. The van der Waals surface area contributed by atoms with E-state index >= 15 is 0 Å². The van der Waals surface area contributed by atoms with E-state index in [0.29, 0.717) is 5.92 Å². The Balaban J connectivity index is 1.70. The largest absolute Gasteiger partial charge is 0.472 e. The summed E-state index contributed by atoms with van der Waals surface area (Å²) in [5.74, 6) is 0.575. The van der Waals surface area contributed by atoms with Crippen molar-refractivity contribution in [2.45, 2.75) is 37.6 Å². The number of nitrogens with zero attached hydrogens (tertiary/aromatic N) is 2. The van der Waals surface area contributed by atoms with Crippen molar-refractivity contribution in [3.8, 4) is 5.88 Å². The Morgan fingerprint density at radius 2 is 2.14 bits per heavy atom. The molecule has 2 aliphatic heterocycles. The molecule has 3 aliphatic rings. The third-order valence-electron chi connectivity index (χ3n) is 4.23. The molecule has 7 heteroatoms. The summed E-state index contributed by atoms with van der Waals surface area (Å²) >= 11 is 0. The Kier molecular flexibility index (Phi) is 3.51. The summed E-state index contributed by atoms with van der Waals surface area (Å²) in [5, 5.41) is 0. The zero-order valence-electron chi connectivity index (χ0n) is 11.2. The molecule has 3 atom stereocenters. The van der Waals surface area contributed by atoms with Crippen molar-refractivity contribution in [3.63, 3.8) is 0 Å². The Morgan fingerprint density at radius 1 is 1.33 bits per heavy atom. The predicted octanol–water partition coefficient (Wildman–Crippen LogP) is 2.49. The van der Waals surface area contributed by atoms with Crippen molar-refractivity contribution < 1.29 is 22.7 Å². The molecule has 0 spiro atoms. The molecule has 1 aromatic rings. The summed E-state index contributed by atoms with van der Waals surface area (Å²) < 4.78 is 43.1. The molecule has 4 nitrogen and oxygen atoms in total. The first kappa shape index (κ1) is 14.2. The minimum absolute atomic E-state index is 0.00315. The molecule has 2 saturated heterocycles. The van der Waals surface area contributed by atoms with Crippen LogP contribution in [0, 0.1) is 5.92 Å². The van der Waals surface area contributed by atoms with Crippen LogP contribution < -0.4 is 4.74 Å². The maximum absolute atomic E-state index is 12.5. The molecule has 0 N–H and O–H groups in total. The van der Waals surface area contributed by atoms with Crippen LogP contribution >= 0.6 is 0 Å². The van der Waals surface area contributed by atoms with E-state index in [-0.39, 0.29) is 18.0 Å². The molecule has 3 fully saturated rings. The molecule has 1 aromatic heterocycles. The Bertz CT molecular complexity index is 518. The minimum atomic E-state index is -4.40. The molecule has 4 rings (SSSR count). The number of ether oxygens (including phenoxy) is 1. The SMILES string of the molecule is O=CN1C[C@@H]2CC[C@H]1[C@H](Oc1ccc(C(F)(F)F)cn1)C2. The number of hydrogen-bond acceptors (Lipinski definition) is 3. The van der Waals surface area contributed by atoms with Crippen LogP contribution in [0.3, 0.4) is 0 Å². The standard InChI is InChI=1S/C14H15F3N2O2/c15-14(16,17)10-2-4-13(18-6-10)21-12-5-9-1-3-11(12)19(7-9)8-20/h2,4,6,8-9,11-12H,1,3,5,7H2/t9-,11+,12-/m1/s1. The summed E-state index contributed by atoms with van der Waals surface area (Å²) in [7, 11) is 0. The number of amides is 1. The van der Waals surface area contributed by atoms with E-state index in [1.165, 1.54) is 6.07 Å². The molecule has 1 aliphatic carbocycles. The van der Waals surface area contributed by atoms with Crippen LogP contribution in [0.1, 0.15) is 24.8 Å². The molecule has 114 valence electrons. The highest BCUT2D eigenvalue weighted by atomic mass is 19.4. The highest BCUT2D eigenvalue weighted by molar-refractivity contribution is 5.48. The molecule has 3 heterocycles. The van der Waals surface area contributed by atoms with E-state index in [1.54, 1.807) is 4.90 Å². The zero-order chi connectivity index (χ0) is 15.0. The fraction of sp³-hybridized carbons (Fsp3) is 0.571. The van der Waals surface area contributed by atoms with Gasteiger partial charge in [0.1, 0.15) is 6.10 Å². The van der Waals surface area contributed by atoms with Crippen molar-refractivity contribution in [1.29, 1.82) is 0 Å². The summed E-state index contributed by atoms with van der Waals surface area (Å²) in [6, 6.07) is 2.19. The molecular weight excluding hydrogens is 285 g/mol. The van der Waals surface area contributed by atoms with Gasteiger partial charge >= 0.3 is 6.18 Å². The normalized spacial score (nSPS) is 28.5. The van der Waals surface area contributed by atoms with Gasteiger partial charge in [-0.25, -0.2) is 4.98 Å². The van der Waals surface area contributed by atoms with E-state index < -0.39 is 11.7 Å². The van der Waals surface area contributed by atoms with E-state index in [0.717, 1.165) is 44.5 Å². The topological polar surface area (TPSA) is 42.4 Å². The lowest BCUT2D eigenvalue weighted by Gasteiger charge is -2.47. The number of rotatable bonds is 3. The predicted molar refractivity (Wildman–Crippen MR) is 67.6 cm³/mol. The van der Waals surface area contributed by atoms with Gasteiger partial charge in [0, 0.05) is 18.8 Å². The third kappa shape index (κ3) is 2.82. The smallest absolute Gasteiger partial charge is 0.417 e. The van der Waals surface area contributed by atoms with Crippen LogP contribution in [0.25, 0.3) is 0 Å². The van der Waals surface area contributed by atoms with Crippen molar-refractivity contribution in [2.24, 2.45) is 5.92 Å². The second kappa shape index (κ2) is 5.20. The number of fused-ring (bicyclic) bond motifs is 3. The number of carbonyl (C=O) groups is 1. The summed E-state index contributed by atoms with van der Waals surface area (Å²) in [5.41, 5.74) is -0.797. The number of aromatic nitrogens is 1. The van der Waals surface area contributed by atoms with Gasteiger partial charge in [-0.15, -0.1) is 0 Å². The Labute approximate surface area is 119 Å². The summed E-state index contributed by atoms with van der Waals surface area (Å²) in [6.07, 6.45) is -0.238. The molecule has 0 unspecified atom stereocenters. The van der Waals surface area contributed by atoms with Crippen LogP contribution in [0.2, 0.25) is 0 Å². The lowest BCUT2D eigenvalue weighted by molar-refractivity contribution is -0.138. The number of halogens is 3. The highest BCUT2D eigenvalue weighted by Crippen LogP contribution is 2.36. The van der Waals surface area contributed by atoms with Crippen molar-refractivity contribution in [3.05, 3.63) is 23.9 Å². The zero-order valence-corrected chi connectivity index (χ0v) is 11.2. The average Bonchev–Trinajstić information content (AvgIpc) is 2.47. The van der Waals surface area contributed by atoms with Gasteiger partial charge in [-0.3, -0.25) is 4.79 Å². The maximum atomic E-state index is 12.5. The fourth-order valence-corrected chi connectivity index (χ4v) is 3.20. The molecule has 0 aromatic carbocycles. The van der Waals surface area contributed by atoms with Gasteiger partial charge in [-0.1, -0.05) is 0 Å². The highest BCUT2D eigenvalue weighted by Gasteiger charge is 2.41. The molecule has 1 amide bonds. The first-order valence-corrected chi connectivity index (χ1v) is 6.88. The van der Waals surface area contributed by atoms with Gasteiger partial charge in [-0.05, 0) is 31.2 Å². The Hall–Kier alpha value is -1.79. The van der Waals surface area contributed by atoms with E-state index in [4.69, 9.17) is 4.74 Å². The van der Waals surface area contributed by atoms with E-state index in [2.05, 4.69) is 4.98 Å². The fourth-order valence-electron chi connectivity index (χ4n) is 3.20. The second-order valence-corrected chi connectivity index (χ2v) is 5.59. The van der Waals surface area contributed by atoms with Crippen LogP contribution in [0.4, 0.5) is 13.2 Å². The molecule has 1 saturated carbocycles. The van der Waals surface area contributed by atoms with Gasteiger partial charge in [0.25, 0.3) is 0 Å². The second-order valence-electron chi connectivity index (χ2n) is 5.59. The molecule has 2 bridgehead atoms. The number of piperidine rings is 2. The summed E-state index contributed by atoms with van der Waals surface area (Å²) in [6.45, 7) is 0.745. The average molecular weight is 300 g/mol. The van der Waals surface area contributed by atoms with E-state index in [9.17, 15) is 18.0 Å². The van der Waals surface area contributed by atoms with E-state index in [1.807, 2.05) is 0 Å². The molecule has 21 heavy (non-hydrogen) atoms. The van der Waals surface area contributed by atoms with Crippen LogP contribution in [0.15, 0.2) is 18.3 Å². The summed E-state index contributed by atoms with van der Waals surface area (Å²) in [4.78, 5) is 16.5. The van der Waals surface area contributed by atoms with Gasteiger partial charge in [-0.2, -0.15) is 13.2 Å². The minimum Gasteiger partial charge on any atom is -0.472 e. The van der Waals surface area contributed by atoms with Crippen molar-refractivity contribution in [1.82, 2.24) is 9.88 Å². The lowest BCUT2D eigenvalue weighted by Crippen LogP contribution is -2.56. The van der Waals surface area contributed by atoms with Gasteiger partial charge < -0.3 is 9.64 Å². The quantitative estimate of drug-likeness (QED) is 0.805. The van der Waals surface area contributed by atoms with Gasteiger partial charge in [0.15, 0.2) is 0 Å². The monoisotopic (exact) mass is 300 g/mol. The number of carbonyl (C=O) groups excluding carboxylic acids is 1. The van der Waals surface area contributed by atoms with Gasteiger partial charge in [0.2, 0.25) is 12.3 Å². The number of hydrogen-bond donors (Lipinski definition) is 0. The van der Waals surface area contributed by atoms with Crippen LogP contribution in [0.5, 0.6) is 5.88 Å². The molecular formula is C14H15F3N2O2. The Morgan fingerprint density at radius 3 is 2.71 bits per heavy atom. The maximum Gasteiger partial charge on any atom is 0.417 e. The van der Waals surface area contributed by atoms with Crippen LogP contribution in [-0.4, -0.2) is 35.0 Å². The van der Waals surface area contributed by atoms with Crippen molar-refractivity contribution in [2.75, 3.05) is 6.54 Å².